The lowest BCUT2D eigenvalue weighted by Gasteiger charge is -2.31. The van der Waals surface area contributed by atoms with Gasteiger partial charge in [-0.3, -0.25) is 9.59 Å². The lowest BCUT2D eigenvalue weighted by molar-refractivity contribution is -0.139. The standard InChI is InChI=1S/C17H22ClN3O4/c1-2-25-17(24)21-9-7-14(8-10-21)20-16(23)15(22)19-11-12-3-5-13(18)6-4-12/h3-6,14H,2,7-11H2,1H3,(H,19,22)(H,20,23). The summed E-state index contributed by atoms with van der Waals surface area (Å²) in [4.78, 5) is 37.1. The molecule has 1 heterocycles. The molecule has 3 amide bonds. The highest BCUT2D eigenvalue weighted by Gasteiger charge is 2.26. The number of piperidine rings is 1. The predicted molar refractivity (Wildman–Crippen MR) is 93.1 cm³/mol. The van der Waals surface area contributed by atoms with Gasteiger partial charge in [0.15, 0.2) is 0 Å². The Kier molecular flexibility index (Phi) is 7.06. The summed E-state index contributed by atoms with van der Waals surface area (Å²) in [7, 11) is 0. The highest BCUT2D eigenvalue weighted by atomic mass is 35.5. The van der Waals surface area contributed by atoms with Crippen molar-refractivity contribution < 1.29 is 19.1 Å². The number of rotatable bonds is 4. The van der Waals surface area contributed by atoms with E-state index < -0.39 is 11.8 Å². The van der Waals surface area contributed by atoms with E-state index in [0.717, 1.165) is 5.56 Å². The molecule has 25 heavy (non-hydrogen) atoms. The van der Waals surface area contributed by atoms with Gasteiger partial charge in [0, 0.05) is 30.7 Å². The molecule has 136 valence electrons. The van der Waals surface area contributed by atoms with Gasteiger partial charge in [-0.1, -0.05) is 23.7 Å². The van der Waals surface area contributed by atoms with Gasteiger partial charge in [-0.05, 0) is 37.5 Å². The van der Waals surface area contributed by atoms with Crippen LogP contribution >= 0.6 is 11.6 Å². The normalized spacial score (nSPS) is 14.7. The van der Waals surface area contributed by atoms with E-state index >= 15 is 0 Å². The highest BCUT2D eigenvalue weighted by Crippen LogP contribution is 2.12. The van der Waals surface area contributed by atoms with Crippen molar-refractivity contribution in [1.29, 1.82) is 0 Å². The number of benzene rings is 1. The van der Waals surface area contributed by atoms with Crippen molar-refractivity contribution in [3.05, 3.63) is 34.9 Å². The molecule has 1 aliphatic heterocycles. The van der Waals surface area contributed by atoms with Gasteiger partial charge in [0.05, 0.1) is 6.61 Å². The summed E-state index contributed by atoms with van der Waals surface area (Å²) in [6.07, 6.45) is 0.845. The van der Waals surface area contributed by atoms with Crippen molar-refractivity contribution in [2.75, 3.05) is 19.7 Å². The fourth-order valence-electron chi connectivity index (χ4n) is 2.54. The number of amides is 3. The van der Waals surface area contributed by atoms with Crippen LogP contribution in [0.25, 0.3) is 0 Å². The van der Waals surface area contributed by atoms with Crippen molar-refractivity contribution in [2.45, 2.75) is 32.4 Å². The number of nitrogens with one attached hydrogen (secondary N) is 2. The fraction of sp³-hybridized carbons (Fsp3) is 0.471. The van der Waals surface area contributed by atoms with Gasteiger partial charge in [0.25, 0.3) is 0 Å². The summed E-state index contributed by atoms with van der Waals surface area (Å²) in [5.74, 6) is -1.34. The molecule has 1 saturated heterocycles. The minimum atomic E-state index is -0.678. The second-order valence-corrected chi connectivity index (χ2v) is 6.18. The predicted octanol–water partition coefficient (Wildman–Crippen LogP) is 1.69. The lowest BCUT2D eigenvalue weighted by atomic mass is 10.1. The maximum Gasteiger partial charge on any atom is 0.409 e. The molecule has 0 saturated carbocycles. The summed E-state index contributed by atoms with van der Waals surface area (Å²) in [5.41, 5.74) is 0.855. The molecule has 0 aromatic heterocycles. The topological polar surface area (TPSA) is 87.7 Å². The third-order valence-electron chi connectivity index (χ3n) is 3.93. The van der Waals surface area contributed by atoms with Gasteiger partial charge < -0.3 is 20.3 Å². The summed E-state index contributed by atoms with van der Waals surface area (Å²) >= 11 is 5.80. The van der Waals surface area contributed by atoms with Crippen LogP contribution in [0.4, 0.5) is 4.79 Å². The van der Waals surface area contributed by atoms with Crippen LogP contribution in [-0.4, -0.2) is 48.5 Å². The van der Waals surface area contributed by atoms with Crippen LogP contribution in [0, 0.1) is 0 Å². The lowest BCUT2D eigenvalue weighted by Crippen LogP contribution is -2.50. The third-order valence-corrected chi connectivity index (χ3v) is 4.18. The van der Waals surface area contributed by atoms with Crippen LogP contribution in [-0.2, 0) is 20.9 Å². The first kappa shape index (κ1) is 19.1. The first-order chi connectivity index (χ1) is 12.0. The molecule has 0 aliphatic carbocycles. The van der Waals surface area contributed by atoms with Crippen LogP contribution in [0.1, 0.15) is 25.3 Å². The largest absolute Gasteiger partial charge is 0.450 e. The molecular weight excluding hydrogens is 346 g/mol. The van der Waals surface area contributed by atoms with Crippen molar-refractivity contribution >= 4 is 29.5 Å². The molecule has 8 heteroatoms. The molecule has 1 aromatic rings. The van der Waals surface area contributed by atoms with E-state index in [1.807, 2.05) is 0 Å². The first-order valence-corrected chi connectivity index (χ1v) is 8.62. The van der Waals surface area contributed by atoms with Crippen molar-refractivity contribution in [1.82, 2.24) is 15.5 Å². The van der Waals surface area contributed by atoms with Crippen LogP contribution < -0.4 is 10.6 Å². The Morgan fingerprint density at radius 1 is 1.16 bits per heavy atom. The van der Waals surface area contributed by atoms with Gasteiger partial charge in [0.2, 0.25) is 0 Å². The van der Waals surface area contributed by atoms with Crippen molar-refractivity contribution in [3.63, 3.8) is 0 Å². The zero-order valence-corrected chi connectivity index (χ0v) is 14.8. The van der Waals surface area contributed by atoms with E-state index in [1.54, 1.807) is 36.1 Å². The maximum absolute atomic E-state index is 12.0. The minimum Gasteiger partial charge on any atom is -0.450 e. The smallest absolute Gasteiger partial charge is 0.409 e. The average molecular weight is 368 g/mol. The molecule has 7 nitrogen and oxygen atoms in total. The zero-order chi connectivity index (χ0) is 18.2. The molecule has 0 radical (unpaired) electrons. The number of carbonyl (C=O) groups is 3. The van der Waals surface area contributed by atoms with E-state index in [4.69, 9.17) is 16.3 Å². The molecule has 2 rings (SSSR count). The van der Waals surface area contributed by atoms with E-state index in [0.29, 0.717) is 37.6 Å². The molecule has 2 N–H and O–H groups in total. The van der Waals surface area contributed by atoms with Gasteiger partial charge in [0.1, 0.15) is 0 Å². The number of likely N-dealkylation sites (tertiary alicyclic amines) is 1. The van der Waals surface area contributed by atoms with Crippen molar-refractivity contribution in [2.24, 2.45) is 0 Å². The highest BCUT2D eigenvalue weighted by molar-refractivity contribution is 6.35. The van der Waals surface area contributed by atoms with Gasteiger partial charge in [-0.2, -0.15) is 0 Å². The van der Waals surface area contributed by atoms with E-state index in [1.165, 1.54) is 0 Å². The van der Waals surface area contributed by atoms with Gasteiger partial charge >= 0.3 is 17.9 Å². The summed E-state index contributed by atoms with van der Waals surface area (Å²) in [5, 5.41) is 5.89. The Morgan fingerprint density at radius 3 is 2.40 bits per heavy atom. The molecule has 0 atom stereocenters. The first-order valence-electron chi connectivity index (χ1n) is 8.24. The summed E-state index contributed by atoms with van der Waals surface area (Å²) in [6, 6.07) is 6.89. The van der Waals surface area contributed by atoms with Crippen LogP contribution in [0.15, 0.2) is 24.3 Å². The fourth-order valence-corrected chi connectivity index (χ4v) is 2.66. The number of hydrogen-bond acceptors (Lipinski definition) is 4. The Balaban J connectivity index is 1.72. The molecular formula is C17H22ClN3O4. The monoisotopic (exact) mass is 367 g/mol. The zero-order valence-electron chi connectivity index (χ0n) is 14.1. The number of halogens is 1. The number of carbonyl (C=O) groups excluding carboxylic acids is 3. The SMILES string of the molecule is CCOC(=O)N1CCC(NC(=O)C(=O)NCc2ccc(Cl)cc2)CC1. The van der Waals surface area contributed by atoms with Crippen LogP contribution in [0.5, 0.6) is 0 Å². The molecule has 0 spiro atoms. The Bertz CT molecular complexity index is 613. The molecule has 1 aromatic carbocycles. The quantitative estimate of drug-likeness (QED) is 0.793. The Morgan fingerprint density at radius 2 is 1.80 bits per heavy atom. The number of ether oxygens (including phenoxy) is 1. The molecule has 1 aliphatic rings. The van der Waals surface area contributed by atoms with E-state index in [2.05, 4.69) is 10.6 Å². The van der Waals surface area contributed by atoms with E-state index in [-0.39, 0.29) is 18.7 Å². The molecule has 0 unspecified atom stereocenters. The molecule has 1 fully saturated rings. The number of nitrogens with zero attached hydrogens (tertiary/aromatic N) is 1. The second kappa shape index (κ2) is 9.27. The average Bonchev–Trinajstić information content (AvgIpc) is 2.61. The second-order valence-electron chi connectivity index (χ2n) is 5.74. The summed E-state index contributed by atoms with van der Waals surface area (Å²) < 4.78 is 4.94. The van der Waals surface area contributed by atoms with Crippen LogP contribution in [0.2, 0.25) is 5.02 Å². The van der Waals surface area contributed by atoms with Crippen LogP contribution in [0.3, 0.4) is 0 Å². The maximum atomic E-state index is 12.0. The molecule has 0 bridgehead atoms. The third kappa shape index (κ3) is 5.94. The minimum absolute atomic E-state index is 0.126. The van der Waals surface area contributed by atoms with E-state index in [9.17, 15) is 14.4 Å². The van der Waals surface area contributed by atoms with Gasteiger partial charge in [-0.15, -0.1) is 0 Å². The van der Waals surface area contributed by atoms with Gasteiger partial charge in [-0.25, -0.2) is 4.79 Å². The Hall–Kier alpha value is -2.28. The number of hydrogen-bond donors (Lipinski definition) is 2. The van der Waals surface area contributed by atoms with Crippen molar-refractivity contribution in [3.8, 4) is 0 Å². The summed E-state index contributed by atoms with van der Waals surface area (Å²) in [6.45, 7) is 3.34. The Labute approximate surface area is 151 Å².